The van der Waals surface area contributed by atoms with Crippen LogP contribution in [-0.4, -0.2) is 37.1 Å². The molecule has 1 aliphatic heterocycles. The van der Waals surface area contributed by atoms with Crippen molar-refractivity contribution >= 4 is 18.5 Å². The lowest BCUT2D eigenvalue weighted by Gasteiger charge is -2.26. The van der Waals surface area contributed by atoms with Crippen LogP contribution in [0.5, 0.6) is 0 Å². The van der Waals surface area contributed by atoms with Gasteiger partial charge in [-0.15, -0.1) is 12.6 Å². The third-order valence-corrected chi connectivity index (χ3v) is 2.71. The normalized spacial score (nSPS) is 16.5. The van der Waals surface area contributed by atoms with Crippen LogP contribution in [0.1, 0.15) is 10.4 Å². The predicted octanol–water partition coefficient (Wildman–Crippen LogP) is 1.45. The van der Waals surface area contributed by atoms with Crippen LogP contribution in [-0.2, 0) is 4.74 Å². The first-order valence-electron chi connectivity index (χ1n) is 4.93. The van der Waals surface area contributed by atoms with E-state index in [9.17, 15) is 4.79 Å². The minimum atomic E-state index is 0.0756. The Labute approximate surface area is 94.4 Å². The molecule has 1 amide bonds. The van der Waals surface area contributed by atoms with Crippen LogP contribution in [0.4, 0.5) is 0 Å². The van der Waals surface area contributed by atoms with Crippen molar-refractivity contribution in [2.45, 2.75) is 4.90 Å². The van der Waals surface area contributed by atoms with E-state index in [1.165, 1.54) is 0 Å². The maximum Gasteiger partial charge on any atom is 0.254 e. The first kappa shape index (κ1) is 10.5. The number of rotatable bonds is 1. The Morgan fingerprint density at radius 1 is 1.20 bits per heavy atom. The van der Waals surface area contributed by atoms with Gasteiger partial charge in [-0.1, -0.05) is 0 Å². The van der Waals surface area contributed by atoms with Gasteiger partial charge in [0.25, 0.3) is 5.91 Å². The number of amides is 1. The third-order valence-electron chi connectivity index (χ3n) is 2.41. The molecule has 0 bridgehead atoms. The summed E-state index contributed by atoms with van der Waals surface area (Å²) in [7, 11) is 0. The van der Waals surface area contributed by atoms with E-state index in [4.69, 9.17) is 4.74 Å². The zero-order chi connectivity index (χ0) is 10.7. The van der Waals surface area contributed by atoms with Gasteiger partial charge in [-0.05, 0) is 24.3 Å². The number of ether oxygens (including phenoxy) is 1. The van der Waals surface area contributed by atoms with Crippen LogP contribution in [0.3, 0.4) is 0 Å². The van der Waals surface area contributed by atoms with Gasteiger partial charge in [-0.3, -0.25) is 4.79 Å². The molecule has 1 aromatic carbocycles. The number of carbonyl (C=O) groups excluding carboxylic acids is 1. The Kier molecular flexibility index (Phi) is 3.28. The minimum Gasteiger partial charge on any atom is -0.378 e. The van der Waals surface area contributed by atoms with Gasteiger partial charge < -0.3 is 9.64 Å². The molecule has 0 saturated carbocycles. The lowest BCUT2D eigenvalue weighted by molar-refractivity contribution is 0.0303. The molecule has 1 heterocycles. The monoisotopic (exact) mass is 223 g/mol. The molecule has 4 heteroatoms. The van der Waals surface area contributed by atoms with Crippen LogP contribution in [0.25, 0.3) is 0 Å². The molecule has 0 N–H and O–H groups in total. The molecule has 0 aliphatic carbocycles. The molecule has 0 radical (unpaired) electrons. The highest BCUT2D eigenvalue weighted by molar-refractivity contribution is 7.80. The quantitative estimate of drug-likeness (QED) is 0.730. The van der Waals surface area contributed by atoms with Crippen LogP contribution in [0.2, 0.25) is 0 Å². The van der Waals surface area contributed by atoms with E-state index in [1.54, 1.807) is 12.1 Å². The average molecular weight is 223 g/mol. The molecule has 2 rings (SSSR count). The number of carbonyl (C=O) groups is 1. The second kappa shape index (κ2) is 4.68. The summed E-state index contributed by atoms with van der Waals surface area (Å²) < 4.78 is 5.20. The molecular weight excluding hydrogens is 210 g/mol. The number of thiol groups is 1. The van der Waals surface area contributed by atoms with Gasteiger partial charge in [-0.25, -0.2) is 0 Å². The van der Waals surface area contributed by atoms with Crippen molar-refractivity contribution in [1.29, 1.82) is 0 Å². The SMILES string of the molecule is O=C(c1ccc(S)cc1)N1CCOCC1. The van der Waals surface area contributed by atoms with Crippen molar-refractivity contribution in [3.63, 3.8) is 0 Å². The summed E-state index contributed by atoms with van der Waals surface area (Å²) in [4.78, 5) is 14.6. The summed E-state index contributed by atoms with van der Waals surface area (Å²) in [5, 5.41) is 0. The van der Waals surface area contributed by atoms with E-state index >= 15 is 0 Å². The lowest BCUT2D eigenvalue weighted by Crippen LogP contribution is -2.40. The Morgan fingerprint density at radius 2 is 1.80 bits per heavy atom. The van der Waals surface area contributed by atoms with Crippen molar-refractivity contribution in [1.82, 2.24) is 4.90 Å². The maximum atomic E-state index is 12.0. The van der Waals surface area contributed by atoms with Crippen molar-refractivity contribution in [3.05, 3.63) is 29.8 Å². The van der Waals surface area contributed by atoms with Crippen LogP contribution in [0, 0.1) is 0 Å². The third kappa shape index (κ3) is 2.52. The number of hydrogen-bond acceptors (Lipinski definition) is 3. The molecule has 15 heavy (non-hydrogen) atoms. The summed E-state index contributed by atoms with van der Waals surface area (Å²) in [5.41, 5.74) is 0.717. The molecule has 1 saturated heterocycles. The highest BCUT2D eigenvalue weighted by Gasteiger charge is 2.17. The second-order valence-electron chi connectivity index (χ2n) is 3.45. The van der Waals surface area contributed by atoms with E-state index in [0.717, 1.165) is 10.5 Å². The van der Waals surface area contributed by atoms with Gasteiger partial charge in [0.2, 0.25) is 0 Å². The summed E-state index contributed by atoms with van der Waals surface area (Å²) in [5.74, 6) is 0.0756. The fraction of sp³-hybridized carbons (Fsp3) is 0.364. The zero-order valence-electron chi connectivity index (χ0n) is 8.35. The smallest absolute Gasteiger partial charge is 0.254 e. The molecule has 1 aliphatic rings. The molecule has 3 nitrogen and oxygen atoms in total. The topological polar surface area (TPSA) is 29.5 Å². The van der Waals surface area contributed by atoms with Crippen molar-refractivity contribution < 1.29 is 9.53 Å². The summed E-state index contributed by atoms with van der Waals surface area (Å²) in [6.45, 7) is 2.63. The van der Waals surface area contributed by atoms with Crippen LogP contribution in [0.15, 0.2) is 29.2 Å². The highest BCUT2D eigenvalue weighted by Crippen LogP contribution is 2.11. The molecule has 0 unspecified atom stereocenters. The molecule has 80 valence electrons. The maximum absolute atomic E-state index is 12.0. The zero-order valence-corrected chi connectivity index (χ0v) is 9.24. The van der Waals surface area contributed by atoms with Crippen LogP contribution < -0.4 is 0 Å². The molecule has 0 atom stereocenters. The van der Waals surface area contributed by atoms with Gasteiger partial charge in [0.05, 0.1) is 13.2 Å². The van der Waals surface area contributed by atoms with E-state index in [1.807, 2.05) is 17.0 Å². The van der Waals surface area contributed by atoms with E-state index in [2.05, 4.69) is 12.6 Å². The Hall–Kier alpha value is -1.00. The molecule has 0 aromatic heterocycles. The fourth-order valence-corrected chi connectivity index (χ4v) is 1.70. The molecule has 0 spiro atoms. The number of hydrogen-bond donors (Lipinski definition) is 1. The second-order valence-corrected chi connectivity index (χ2v) is 3.97. The van der Waals surface area contributed by atoms with E-state index in [-0.39, 0.29) is 5.91 Å². The summed E-state index contributed by atoms with van der Waals surface area (Å²) >= 11 is 4.18. The van der Waals surface area contributed by atoms with Gasteiger partial charge in [0.15, 0.2) is 0 Å². The van der Waals surface area contributed by atoms with E-state index < -0.39 is 0 Å². The standard InChI is InChI=1S/C11H13NO2S/c13-11(12-5-7-14-8-6-12)9-1-3-10(15)4-2-9/h1-4,15H,5-8H2. The Morgan fingerprint density at radius 3 is 2.40 bits per heavy atom. The Bertz CT molecular complexity index is 344. The number of benzene rings is 1. The van der Waals surface area contributed by atoms with Crippen molar-refractivity contribution in [2.24, 2.45) is 0 Å². The van der Waals surface area contributed by atoms with Crippen molar-refractivity contribution in [3.8, 4) is 0 Å². The van der Waals surface area contributed by atoms with Crippen molar-refractivity contribution in [2.75, 3.05) is 26.3 Å². The molecular formula is C11H13NO2S. The lowest BCUT2D eigenvalue weighted by atomic mass is 10.2. The Balaban J connectivity index is 2.09. The number of nitrogens with zero attached hydrogens (tertiary/aromatic N) is 1. The largest absolute Gasteiger partial charge is 0.378 e. The van der Waals surface area contributed by atoms with Gasteiger partial charge >= 0.3 is 0 Å². The first-order chi connectivity index (χ1) is 7.27. The molecule has 1 aromatic rings. The van der Waals surface area contributed by atoms with Gasteiger partial charge in [0.1, 0.15) is 0 Å². The average Bonchev–Trinajstić information content (AvgIpc) is 2.30. The van der Waals surface area contributed by atoms with Gasteiger partial charge in [0, 0.05) is 23.5 Å². The number of morpholine rings is 1. The minimum absolute atomic E-state index is 0.0756. The van der Waals surface area contributed by atoms with Crippen LogP contribution >= 0.6 is 12.6 Å². The van der Waals surface area contributed by atoms with E-state index in [0.29, 0.717) is 26.3 Å². The van der Waals surface area contributed by atoms with Gasteiger partial charge in [-0.2, -0.15) is 0 Å². The summed E-state index contributed by atoms with van der Waals surface area (Å²) in [6.07, 6.45) is 0. The molecule has 1 fully saturated rings. The summed E-state index contributed by atoms with van der Waals surface area (Å²) in [6, 6.07) is 7.27. The first-order valence-corrected chi connectivity index (χ1v) is 5.38. The fourth-order valence-electron chi connectivity index (χ4n) is 1.55. The highest BCUT2D eigenvalue weighted by atomic mass is 32.1. The predicted molar refractivity (Wildman–Crippen MR) is 60.4 cm³/mol.